The number of carbonyl (C=O) groups is 1. The fraction of sp³-hybridized carbons (Fsp3) is 0.200. The number of carboxylic acid groups (broad SMARTS) is 1. The van der Waals surface area contributed by atoms with E-state index in [1.807, 2.05) is 42.5 Å². The largest absolute Gasteiger partial charge is 0.481 e. The highest BCUT2D eigenvalue weighted by Crippen LogP contribution is 2.28. The van der Waals surface area contributed by atoms with Gasteiger partial charge in [-0.25, -0.2) is 0 Å². The van der Waals surface area contributed by atoms with E-state index in [-0.39, 0.29) is 6.54 Å². The van der Waals surface area contributed by atoms with Gasteiger partial charge in [0, 0.05) is 18.9 Å². The molecule has 0 radical (unpaired) electrons. The molecule has 0 spiro atoms. The van der Waals surface area contributed by atoms with E-state index >= 15 is 0 Å². The molecule has 1 atom stereocenters. The Balaban J connectivity index is 2.44. The van der Waals surface area contributed by atoms with Crippen LogP contribution in [0.5, 0.6) is 0 Å². The van der Waals surface area contributed by atoms with Gasteiger partial charge >= 0.3 is 5.97 Å². The summed E-state index contributed by atoms with van der Waals surface area (Å²) >= 11 is 0. The highest BCUT2D eigenvalue weighted by atomic mass is 16.4. The minimum atomic E-state index is -1.09. The van der Waals surface area contributed by atoms with Crippen LogP contribution in [-0.2, 0) is 16.6 Å². The van der Waals surface area contributed by atoms with Gasteiger partial charge in [-0.2, -0.15) is 0 Å². The molecular weight excluding hydrogens is 240 g/mol. The quantitative estimate of drug-likeness (QED) is 0.852. The number of nitrogens with zero attached hydrogens (tertiary/aromatic N) is 1. The molecule has 2 aromatic rings. The van der Waals surface area contributed by atoms with Gasteiger partial charge in [-0.3, -0.25) is 9.78 Å². The van der Waals surface area contributed by atoms with Gasteiger partial charge in [-0.15, -0.1) is 0 Å². The average molecular weight is 256 g/mol. The fourth-order valence-electron chi connectivity index (χ4n) is 2.18. The number of rotatable bonds is 5. The first-order valence-corrected chi connectivity index (χ1v) is 6.07. The molecule has 1 aromatic heterocycles. The molecule has 0 bridgehead atoms. The van der Waals surface area contributed by atoms with Gasteiger partial charge in [0.1, 0.15) is 5.41 Å². The molecule has 4 nitrogen and oxygen atoms in total. The SMILES string of the molecule is NCC(Cc1ccncc1)(C(=O)O)c1ccccc1. The molecule has 4 heteroatoms. The van der Waals surface area contributed by atoms with E-state index < -0.39 is 11.4 Å². The summed E-state index contributed by atoms with van der Waals surface area (Å²) < 4.78 is 0. The topological polar surface area (TPSA) is 76.2 Å². The fourth-order valence-corrected chi connectivity index (χ4v) is 2.18. The molecular formula is C15H16N2O2. The van der Waals surface area contributed by atoms with Gasteiger partial charge in [0.05, 0.1) is 0 Å². The number of hydrogen-bond donors (Lipinski definition) is 2. The lowest BCUT2D eigenvalue weighted by Gasteiger charge is -2.28. The van der Waals surface area contributed by atoms with Crippen molar-refractivity contribution in [3.63, 3.8) is 0 Å². The smallest absolute Gasteiger partial charge is 0.315 e. The highest BCUT2D eigenvalue weighted by Gasteiger charge is 2.39. The van der Waals surface area contributed by atoms with Crippen molar-refractivity contribution in [2.24, 2.45) is 5.73 Å². The van der Waals surface area contributed by atoms with Crippen molar-refractivity contribution in [3.05, 3.63) is 66.0 Å². The van der Waals surface area contributed by atoms with Crippen molar-refractivity contribution in [1.82, 2.24) is 4.98 Å². The molecule has 98 valence electrons. The Labute approximate surface area is 111 Å². The third-order valence-corrected chi connectivity index (χ3v) is 3.34. The summed E-state index contributed by atoms with van der Waals surface area (Å²) in [5.74, 6) is -0.905. The monoisotopic (exact) mass is 256 g/mol. The first-order valence-electron chi connectivity index (χ1n) is 6.07. The van der Waals surface area contributed by atoms with E-state index in [0.29, 0.717) is 6.42 Å². The standard InChI is InChI=1S/C15H16N2O2/c16-11-15(14(18)19,13-4-2-1-3-5-13)10-12-6-8-17-9-7-12/h1-9H,10-11,16H2,(H,18,19). The molecule has 0 aliphatic carbocycles. The summed E-state index contributed by atoms with van der Waals surface area (Å²) in [6, 6.07) is 12.8. The number of aliphatic carboxylic acids is 1. The van der Waals surface area contributed by atoms with Crippen molar-refractivity contribution < 1.29 is 9.90 Å². The summed E-state index contributed by atoms with van der Waals surface area (Å²) in [7, 11) is 0. The molecule has 1 heterocycles. The Kier molecular flexibility index (Phi) is 3.92. The van der Waals surface area contributed by atoms with Gasteiger partial charge in [0.25, 0.3) is 0 Å². The third kappa shape index (κ3) is 2.63. The maximum Gasteiger partial charge on any atom is 0.315 e. The minimum Gasteiger partial charge on any atom is -0.481 e. The normalized spacial score (nSPS) is 13.7. The predicted octanol–water partition coefficient (Wildman–Crippen LogP) is 1.61. The zero-order chi connectivity index (χ0) is 13.7. The van der Waals surface area contributed by atoms with E-state index in [0.717, 1.165) is 11.1 Å². The van der Waals surface area contributed by atoms with Crippen LogP contribution in [0.15, 0.2) is 54.9 Å². The molecule has 1 aromatic carbocycles. The molecule has 1 unspecified atom stereocenters. The molecule has 0 amide bonds. The van der Waals surface area contributed by atoms with Gasteiger partial charge in [0.15, 0.2) is 0 Å². The van der Waals surface area contributed by atoms with E-state index in [2.05, 4.69) is 4.98 Å². The zero-order valence-corrected chi connectivity index (χ0v) is 10.5. The lowest BCUT2D eigenvalue weighted by molar-refractivity contribution is -0.143. The van der Waals surface area contributed by atoms with Crippen LogP contribution in [0.25, 0.3) is 0 Å². The van der Waals surface area contributed by atoms with Gasteiger partial charge in [-0.1, -0.05) is 30.3 Å². The Bertz CT molecular complexity index is 543. The number of carboxylic acids is 1. The number of hydrogen-bond acceptors (Lipinski definition) is 3. The number of pyridine rings is 1. The number of benzene rings is 1. The average Bonchev–Trinajstić information content (AvgIpc) is 2.46. The van der Waals surface area contributed by atoms with Crippen molar-refractivity contribution in [3.8, 4) is 0 Å². The molecule has 3 N–H and O–H groups in total. The van der Waals surface area contributed by atoms with Crippen LogP contribution in [0, 0.1) is 0 Å². The van der Waals surface area contributed by atoms with Gasteiger partial charge in [0.2, 0.25) is 0 Å². The lowest BCUT2D eigenvalue weighted by Crippen LogP contribution is -2.44. The first kappa shape index (κ1) is 13.2. The highest BCUT2D eigenvalue weighted by molar-refractivity contribution is 5.82. The number of nitrogens with two attached hydrogens (primary N) is 1. The van der Waals surface area contributed by atoms with Crippen LogP contribution in [0.2, 0.25) is 0 Å². The van der Waals surface area contributed by atoms with Gasteiger partial charge in [-0.05, 0) is 29.7 Å². The predicted molar refractivity (Wildman–Crippen MR) is 72.8 cm³/mol. The van der Waals surface area contributed by atoms with E-state index in [1.165, 1.54) is 0 Å². The lowest BCUT2D eigenvalue weighted by atomic mass is 9.75. The summed E-state index contributed by atoms with van der Waals surface area (Å²) in [5.41, 5.74) is 6.33. The van der Waals surface area contributed by atoms with Crippen LogP contribution in [0.3, 0.4) is 0 Å². The second-order valence-electron chi connectivity index (χ2n) is 4.49. The van der Waals surface area contributed by atoms with Crippen molar-refractivity contribution in [2.45, 2.75) is 11.8 Å². The Morgan fingerprint density at radius 2 is 1.79 bits per heavy atom. The summed E-state index contributed by atoms with van der Waals surface area (Å²) in [6.07, 6.45) is 3.66. The van der Waals surface area contributed by atoms with Crippen LogP contribution >= 0.6 is 0 Å². The van der Waals surface area contributed by atoms with Crippen LogP contribution < -0.4 is 5.73 Å². The molecule has 0 aliphatic heterocycles. The van der Waals surface area contributed by atoms with Crippen molar-refractivity contribution in [1.29, 1.82) is 0 Å². The summed E-state index contributed by atoms with van der Waals surface area (Å²) in [5, 5.41) is 9.64. The van der Waals surface area contributed by atoms with E-state index in [1.54, 1.807) is 12.4 Å². The van der Waals surface area contributed by atoms with Crippen molar-refractivity contribution in [2.75, 3.05) is 6.54 Å². The molecule has 0 aliphatic rings. The van der Waals surface area contributed by atoms with Crippen molar-refractivity contribution >= 4 is 5.97 Å². The Morgan fingerprint density at radius 3 is 2.32 bits per heavy atom. The minimum absolute atomic E-state index is 0.0503. The molecule has 19 heavy (non-hydrogen) atoms. The summed E-state index contributed by atoms with van der Waals surface area (Å²) in [4.78, 5) is 15.7. The van der Waals surface area contributed by atoms with Gasteiger partial charge < -0.3 is 10.8 Å². The third-order valence-electron chi connectivity index (χ3n) is 3.34. The molecule has 2 rings (SSSR count). The second kappa shape index (κ2) is 5.63. The molecule has 0 saturated heterocycles. The summed E-state index contributed by atoms with van der Waals surface area (Å²) in [6.45, 7) is 0.0503. The maximum absolute atomic E-state index is 11.8. The maximum atomic E-state index is 11.8. The van der Waals surface area contributed by atoms with E-state index in [4.69, 9.17) is 5.73 Å². The first-order chi connectivity index (χ1) is 9.19. The van der Waals surface area contributed by atoms with Crippen LogP contribution in [-0.4, -0.2) is 22.6 Å². The Morgan fingerprint density at radius 1 is 1.16 bits per heavy atom. The van der Waals surface area contributed by atoms with E-state index in [9.17, 15) is 9.90 Å². The van der Waals surface area contributed by atoms with Crippen LogP contribution in [0.1, 0.15) is 11.1 Å². The molecule has 0 saturated carbocycles. The Hall–Kier alpha value is -2.20. The van der Waals surface area contributed by atoms with Crippen LogP contribution in [0.4, 0.5) is 0 Å². The zero-order valence-electron chi connectivity index (χ0n) is 10.5. The number of aromatic nitrogens is 1. The molecule has 0 fully saturated rings. The second-order valence-corrected chi connectivity index (χ2v) is 4.49.